The number of allylic oxidation sites excluding steroid dienone is 2. The van der Waals surface area contributed by atoms with E-state index in [-0.39, 0.29) is 97.7 Å². The van der Waals surface area contributed by atoms with Gasteiger partial charge in [-0.3, -0.25) is 4.79 Å². The Kier molecular flexibility index (Phi) is 37.9. The number of aliphatic hydroxyl groups excluding tert-OH is 4. The number of methoxy groups -OCH3 is 1. The fourth-order valence-corrected chi connectivity index (χ4v) is 17.5. The Morgan fingerprint density at radius 3 is 1.22 bits per heavy atom. The van der Waals surface area contributed by atoms with E-state index >= 15 is 0 Å². The minimum atomic E-state index is -0.434. The standard InChI is InChI=1S/C28H46O2.C27H44O3.4C3H8O.C2H5.BrH.Mg.Ti/c1-4-27(29)15-12-21-20(18-27)7-8-23-22(21)11-14-26(3)24(9-10-25(23)26)19(2)6-5-13-28(30)16-17-28;1-5-27(29)16-14-20-19(17-27)9-10-22-21(20)13-15-26(3)23(11-12-24(22)26)18(2)7-6-8-25(28)30-4;4*1-3(2)4;1-2;;;/h7,19,21-25,29-30H,4-6,8-18H2,1-3H3;9,18,20-24,29H,5-8,10-17H2,1-4H3;4*3-4H,1-2H3;1H2,2H3;1H;;/q;;;;;;-1;;+2;/p-1/t19-,21+,22-,23-,24-,25+,26-,27+;18-,20+,21-,22-,23-,24+,26-,27+;;;;;;;;/m11......../s1. The van der Waals surface area contributed by atoms with Gasteiger partial charge in [0, 0.05) is 52.6 Å². The first-order chi connectivity index (χ1) is 36.5. The van der Waals surface area contributed by atoms with Gasteiger partial charge in [0.1, 0.15) is 0 Å². The average Bonchev–Trinajstić information content (AvgIpc) is 3.82. The van der Waals surface area contributed by atoms with Crippen LogP contribution in [0.5, 0.6) is 0 Å². The van der Waals surface area contributed by atoms with Crippen molar-refractivity contribution in [1.29, 1.82) is 0 Å². The summed E-state index contributed by atoms with van der Waals surface area (Å²) < 4.78 is 4.83. The fraction of sp³-hybridized carbons (Fsp3) is 0.913. The van der Waals surface area contributed by atoms with Crippen LogP contribution < -0.4 is 17.0 Å². The molecule has 0 aromatic rings. The molecule has 7 N–H and O–H groups in total. The molecule has 0 aromatic carbocycles. The Labute approximate surface area is 540 Å². The number of aliphatic hydroxyl groups is 7. The van der Waals surface area contributed by atoms with E-state index in [2.05, 4.69) is 60.6 Å². The Balaban J connectivity index is 0.00000119. The molecular formula is C69H127BrMgO9Ti. The second kappa shape index (κ2) is 37.6. The summed E-state index contributed by atoms with van der Waals surface area (Å²) >= 11 is 0. The van der Waals surface area contributed by atoms with Crippen LogP contribution in [0.3, 0.4) is 0 Å². The van der Waals surface area contributed by atoms with Crippen molar-refractivity contribution in [1.82, 2.24) is 0 Å². The van der Waals surface area contributed by atoms with E-state index in [1.165, 1.54) is 97.0 Å². The summed E-state index contributed by atoms with van der Waals surface area (Å²) in [6, 6.07) is 0. The summed E-state index contributed by atoms with van der Waals surface area (Å²) in [5, 5.41) is 64.1. The molecule has 0 heterocycles. The maximum absolute atomic E-state index is 11.5. The number of halogens is 1. The van der Waals surface area contributed by atoms with E-state index in [4.69, 9.17) is 25.2 Å². The van der Waals surface area contributed by atoms with E-state index in [0.29, 0.717) is 23.2 Å². The quantitative estimate of drug-likeness (QED) is 0.0435. The third kappa shape index (κ3) is 23.8. The normalized spacial score (nSPS) is 35.7. The molecule has 12 heteroatoms. The molecule has 9 aliphatic carbocycles. The maximum Gasteiger partial charge on any atom is 2.00 e. The van der Waals surface area contributed by atoms with E-state index < -0.39 is 11.2 Å². The molecule has 7 fully saturated rings. The number of rotatable bonds is 12. The number of hydrogen-bond donors (Lipinski definition) is 7. The molecule has 9 nitrogen and oxygen atoms in total. The molecule has 470 valence electrons. The predicted octanol–water partition coefficient (Wildman–Crippen LogP) is 12.0. The molecule has 9 aliphatic rings. The Morgan fingerprint density at radius 2 is 0.901 bits per heavy atom. The third-order valence-electron chi connectivity index (χ3n) is 21.4. The second-order valence-electron chi connectivity index (χ2n) is 28.6. The van der Waals surface area contributed by atoms with Crippen molar-refractivity contribution in [2.75, 3.05) is 7.11 Å². The van der Waals surface area contributed by atoms with Crippen LogP contribution in [0.1, 0.15) is 271 Å². The molecule has 0 saturated heterocycles. The largest absolute Gasteiger partial charge is 2.00 e. The average molecular weight is 1250 g/mol. The summed E-state index contributed by atoms with van der Waals surface area (Å²) in [7, 11) is 1.49. The Hall–Kier alpha value is 0.631. The van der Waals surface area contributed by atoms with Crippen LogP contribution in [0.2, 0.25) is 0 Å². The van der Waals surface area contributed by atoms with Gasteiger partial charge in [0.15, 0.2) is 0 Å². The maximum atomic E-state index is 11.5. The minimum Gasteiger partial charge on any atom is -1.00 e. The van der Waals surface area contributed by atoms with Gasteiger partial charge in [-0.25, -0.2) is 0 Å². The van der Waals surface area contributed by atoms with Gasteiger partial charge in [-0.05, 0) is 285 Å². The molecule has 16 atom stereocenters. The molecular weight excluding hydrogens is 1120 g/mol. The van der Waals surface area contributed by atoms with Gasteiger partial charge in [-0.1, -0.05) is 77.7 Å². The van der Waals surface area contributed by atoms with Crippen LogP contribution in [0.25, 0.3) is 0 Å². The van der Waals surface area contributed by atoms with Crippen LogP contribution in [-0.4, -0.2) is 113 Å². The molecule has 0 bridgehead atoms. The zero-order valence-corrected chi connectivity index (χ0v) is 59.6. The molecule has 0 unspecified atom stereocenters. The zero-order chi connectivity index (χ0) is 59.0. The van der Waals surface area contributed by atoms with Crippen molar-refractivity contribution in [3.8, 4) is 0 Å². The fourth-order valence-electron chi connectivity index (χ4n) is 17.5. The van der Waals surface area contributed by atoms with Gasteiger partial charge in [0.05, 0.1) is 23.9 Å². The summed E-state index contributed by atoms with van der Waals surface area (Å²) in [6.07, 6.45) is 34.7. The van der Waals surface area contributed by atoms with Gasteiger partial charge in [0.2, 0.25) is 0 Å². The SMILES string of the molecule is CC(C)O.CC(C)O.CC(C)O.CC(C)O.CC[C@]1(O)CC[C@H]2C(=CC[C@@H]3[C@@H]2CC[C@]2(C)[C@@H]([C@H](C)CCCC(=O)OC)CC[C@@H]32)C1.CC[C@]1(O)CC[C@H]2C(=CC[C@@H]3[C@@H]2CC[C@]2(C)[C@@H]([C@H](C)CCCC4(O)CC4)CC[C@@H]32)C1.[Br-].[CH2-]C.[Mg+2].[Ti]. The number of ether oxygens (including phenoxy) is 1. The van der Waals surface area contributed by atoms with E-state index in [0.717, 1.165) is 136 Å². The number of carbonyl (C=O) groups excluding carboxylic acids is 1. The molecule has 0 spiro atoms. The number of esters is 1. The van der Waals surface area contributed by atoms with Crippen LogP contribution in [-0.2, 0) is 31.2 Å². The zero-order valence-electron chi connectivity index (χ0n) is 55.0. The number of carbonyl (C=O) groups is 1. The predicted molar refractivity (Wildman–Crippen MR) is 330 cm³/mol. The van der Waals surface area contributed by atoms with Crippen LogP contribution >= 0.6 is 0 Å². The summed E-state index contributed by atoms with van der Waals surface area (Å²) in [5.74, 6) is 9.95. The van der Waals surface area contributed by atoms with Gasteiger partial charge in [-0.2, -0.15) is 6.92 Å². The first-order valence-corrected chi connectivity index (χ1v) is 32.6. The molecule has 0 aromatic heterocycles. The van der Waals surface area contributed by atoms with Crippen molar-refractivity contribution in [3.05, 3.63) is 30.2 Å². The number of hydrogen-bond acceptors (Lipinski definition) is 9. The topological polar surface area (TPSA) is 168 Å². The number of fused-ring (bicyclic) bond motifs is 10. The summed E-state index contributed by atoms with van der Waals surface area (Å²) in [5.41, 5.74) is 3.13. The molecule has 0 aliphatic heterocycles. The third-order valence-corrected chi connectivity index (χ3v) is 21.4. The molecule has 0 radical (unpaired) electrons. The van der Waals surface area contributed by atoms with Crippen LogP contribution in [0.4, 0.5) is 0 Å². The van der Waals surface area contributed by atoms with Crippen LogP contribution in [0.15, 0.2) is 23.3 Å². The van der Waals surface area contributed by atoms with Crippen molar-refractivity contribution >= 4 is 29.0 Å². The van der Waals surface area contributed by atoms with E-state index in [9.17, 15) is 20.1 Å². The van der Waals surface area contributed by atoms with Crippen LogP contribution in [0, 0.1) is 88.8 Å². The second-order valence-corrected chi connectivity index (χ2v) is 28.6. The molecule has 9 rings (SSSR count). The van der Waals surface area contributed by atoms with Gasteiger partial charge < -0.3 is 64.4 Å². The van der Waals surface area contributed by atoms with Gasteiger partial charge >= 0.3 is 29.0 Å². The minimum absolute atomic E-state index is 0. The first kappa shape index (κ1) is 81.6. The van der Waals surface area contributed by atoms with Gasteiger partial charge in [-0.15, -0.1) is 0 Å². The van der Waals surface area contributed by atoms with Crippen molar-refractivity contribution in [2.24, 2.45) is 81.8 Å². The monoisotopic (exact) mass is 1250 g/mol. The van der Waals surface area contributed by atoms with Crippen molar-refractivity contribution in [2.45, 2.75) is 312 Å². The van der Waals surface area contributed by atoms with E-state index in [1.54, 1.807) is 73.5 Å². The summed E-state index contributed by atoms with van der Waals surface area (Å²) in [6.45, 7) is 33.3. The molecule has 7 saturated carbocycles. The Bertz CT molecular complexity index is 1770. The smallest absolute Gasteiger partial charge is 1.00 e. The molecule has 0 amide bonds. The van der Waals surface area contributed by atoms with E-state index in [1.807, 2.05) is 0 Å². The molecule has 81 heavy (non-hydrogen) atoms. The van der Waals surface area contributed by atoms with Crippen molar-refractivity contribution in [3.63, 3.8) is 0 Å². The van der Waals surface area contributed by atoms with Crippen molar-refractivity contribution < 1.29 is 84.0 Å². The first-order valence-electron chi connectivity index (χ1n) is 32.6. The van der Waals surface area contributed by atoms with Gasteiger partial charge in [0.25, 0.3) is 0 Å². The Morgan fingerprint density at radius 1 is 0.556 bits per heavy atom. The summed E-state index contributed by atoms with van der Waals surface area (Å²) in [4.78, 5) is 11.5.